The molecule has 0 amide bonds. The first-order valence-corrected chi connectivity index (χ1v) is 6.26. The molecule has 0 spiro atoms. The molecular weight excluding hydrogens is 289 g/mol. The summed E-state index contributed by atoms with van der Waals surface area (Å²) in [6, 6.07) is 7.40. The smallest absolute Gasteiger partial charge is 0.161 e. The molecule has 6 heteroatoms. The van der Waals surface area contributed by atoms with Crippen molar-refractivity contribution in [3.05, 3.63) is 64.4 Å². The van der Waals surface area contributed by atoms with Crippen LogP contribution in [0.25, 0.3) is 0 Å². The Morgan fingerprint density at radius 1 is 1.05 bits per heavy atom. The van der Waals surface area contributed by atoms with Gasteiger partial charge in [0.25, 0.3) is 0 Å². The first-order chi connectivity index (χ1) is 9.52. The quantitative estimate of drug-likeness (QED) is 0.841. The summed E-state index contributed by atoms with van der Waals surface area (Å²) in [5.74, 6) is -3.22. The van der Waals surface area contributed by atoms with Crippen LogP contribution in [0.3, 0.4) is 0 Å². The maximum atomic E-state index is 13.7. The SMILES string of the molecule is NCC(Nc1ccccc1Cl)c1cc(F)c(F)cc1F. The fourth-order valence-electron chi connectivity index (χ4n) is 1.83. The van der Waals surface area contributed by atoms with Crippen LogP contribution in [-0.4, -0.2) is 6.54 Å². The van der Waals surface area contributed by atoms with E-state index in [4.69, 9.17) is 17.3 Å². The van der Waals surface area contributed by atoms with Gasteiger partial charge in [-0.2, -0.15) is 0 Å². The number of rotatable bonds is 4. The lowest BCUT2D eigenvalue weighted by Gasteiger charge is -2.20. The summed E-state index contributed by atoms with van der Waals surface area (Å²) in [7, 11) is 0. The second kappa shape index (κ2) is 6.15. The van der Waals surface area contributed by atoms with E-state index in [0.717, 1.165) is 6.07 Å². The average Bonchev–Trinajstić information content (AvgIpc) is 2.42. The van der Waals surface area contributed by atoms with Crippen molar-refractivity contribution in [1.29, 1.82) is 0 Å². The number of nitrogens with one attached hydrogen (secondary N) is 1. The minimum atomic E-state index is -1.24. The number of benzene rings is 2. The molecule has 0 aromatic heterocycles. The predicted molar refractivity (Wildman–Crippen MR) is 73.2 cm³/mol. The van der Waals surface area contributed by atoms with Crippen molar-refractivity contribution in [1.82, 2.24) is 0 Å². The van der Waals surface area contributed by atoms with Crippen LogP contribution in [0.15, 0.2) is 36.4 Å². The summed E-state index contributed by atoms with van der Waals surface area (Å²) in [6.07, 6.45) is 0. The van der Waals surface area contributed by atoms with E-state index in [0.29, 0.717) is 16.8 Å². The molecule has 0 heterocycles. The highest BCUT2D eigenvalue weighted by atomic mass is 35.5. The van der Waals surface area contributed by atoms with Gasteiger partial charge in [-0.15, -0.1) is 0 Å². The van der Waals surface area contributed by atoms with E-state index in [1.54, 1.807) is 24.3 Å². The fourth-order valence-corrected chi connectivity index (χ4v) is 2.02. The van der Waals surface area contributed by atoms with Crippen molar-refractivity contribution in [3.8, 4) is 0 Å². The lowest BCUT2D eigenvalue weighted by Crippen LogP contribution is -2.22. The van der Waals surface area contributed by atoms with Crippen molar-refractivity contribution in [2.75, 3.05) is 11.9 Å². The Kier molecular flexibility index (Phi) is 4.52. The van der Waals surface area contributed by atoms with Crippen molar-refractivity contribution in [2.24, 2.45) is 5.73 Å². The number of hydrogen-bond acceptors (Lipinski definition) is 2. The molecule has 3 N–H and O–H groups in total. The molecule has 0 aliphatic carbocycles. The van der Waals surface area contributed by atoms with Crippen LogP contribution < -0.4 is 11.1 Å². The minimum Gasteiger partial charge on any atom is -0.376 e. The van der Waals surface area contributed by atoms with Gasteiger partial charge in [0.15, 0.2) is 11.6 Å². The first kappa shape index (κ1) is 14.7. The van der Waals surface area contributed by atoms with Crippen LogP contribution in [0.5, 0.6) is 0 Å². The Morgan fingerprint density at radius 2 is 1.70 bits per heavy atom. The van der Waals surface area contributed by atoms with Crippen LogP contribution in [0.1, 0.15) is 11.6 Å². The number of anilines is 1. The zero-order valence-corrected chi connectivity index (χ0v) is 11.1. The summed E-state index contributed by atoms with van der Waals surface area (Å²) >= 11 is 5.98. The van der Waals surface area contributed by atoms with Gasteiger partial charge in [-0.1, -0.05) is 23.7 Å². The highest BCUT2D eigenvalue weighted by molar-refractivity contribution is 6.33. The predicted octanol–water partition coefficient (Wildman–Crippen LogP) is 3.87. The lowest BCUT2D eigenvalue weighted by molar-refractivity contribution is 0.486. The van der Waals surface area contributed by atoms with Crippen LogP contribution in [0, 0.1) is 17.5 Å². The second-order valence-electron chi connectivity index (χ2n) is 4.20. The minimum absolute atomic E-state index is 0.00673. The second-order valence-corrected chi connectivity index (χ2v) is 4.61. The van der Waals surface area contributed by atoms with E-state index in [1.165, 1.54) is 0 Å². The van der Waals surface area contributed by atoms with Crippen molar-refractivity contribution < 1.29 is 13.2 Å². The van der Waals surface area contributed by atoms with Gasteiger partial charge in [-0.3, -0.25) is 0 Å². The first-order valence-electron chi connectivity index (χ1n) is 5.88. The highest BCUT2D eigenvalue weighted by Gasteiger charge is 2.18. The average molecular weight is 301 g/mol. The third kappa shape index (κ3) is 3.05. The van der Waals surface area contributed by atoms with Gasteiger partial charge >= 0.3 is 0 Å². The molecule has 0 bridgehead atoms. The monoisotopic (exact) mass is 300 g/mol. The van der Waals surface area contributed by atoms with Crippen molar-refractivity contribution in [3.63, 3.8) is 0 Å². The molecule has 0 aliphatic rings. The van der Waals surface area contributed by atoms with Gasteiger partial charge in [-0.05, 0) is 18.2 Å². The molecule has 0 radical (unpaired) electrons. The highest BCUT2D eigenvalue weighted by Crippen LogP contribution is 2.27. The fraction of sp³-hybridized carbons (Fsp3) is 0.143. The molecular formula is C14H12ClF3N2. The van der Waals surface area contributed by atoms with Gasteiger partial charge in [0.2, 0.25) is 0 Å². The van der Waals surface area contributed by atoms with E-state index in [-0.39, 0.29) is 12.1 Å². The molecule has 106 valence electrons. The van der Waals surface area contributed by atoms with E-state index in [9.17, 15) is 13.2 Å². The maximum absolute atomic E-state index is 13.7. The number of halogens is 4. The summed E-state index contributed by atoms with van der Waals surface area (Å²) in [5.41, 5.74) is 6.06. The molecule has 0 saturated heterocycles. The van der Waals surface area contributed by atoms with Gasteiger partial charge < -0.3 is 11.1 Å². The normalized spacial score (nSPS) is 12.2. The van der Waals surface area contributed by atoms with E-state index < -0.39 is 23.5 Å². The Bertz CT molecular complexity index is 619. The molecule has 1 unspecified atom stereocenters. The van der Waals surface area contributed by atoms with E-state index in [2.05, 4.69) is 5.32 Å². The lowest BCUT2D eigenvalue weighted by atomic mass is 10.1. The summed E-state index contributed by atoms with van der Waals surface area (Å²) < 4.78 is 39.9. The van der Waals surface area contributed by atoms with Crippen LogP contribution in [0.4, 0.5) is 18.9 Å². The Hall–Kier alpha value is -1.72. The Morgan fingerprint density at radius 3 is 2.35 bits per heavy atom. The summed E-state index contributed by atoms with van der Waals surface area (Å²) in [5, 5.41) is 3.34. The largest absolute Gasteiger partial charge is 0.376 e. The third-order valence-electron chi connectivity index (χ3n) is 2.85. The number of nitrogens with two attached hydrogens (primary N) is 1. The third-order valence-corrected chi connectivity index (χ3v) is 3.18. The zero-order chi connectivity index (χ0) is 14.7. The molecule has 20 heavy (non-hydrogen) atoms. The maximum Gasteiger partial charge on any atom is 0.161 e. The summed E-state index contributed by atoms with van der Waals surface area (Å²) in [4.78, 5) is 0. The van der Waals surface area contributed by atoms with E-state index in [1.807, 2.05) is 0 Å². The standard InChI is InChI=1S/C14H12ClF3N2/c15-9-3-1-2-4-13(9)20-14(7-19)8-5-11(17)12(18)6-10(8)16/h1-6,14,20H,7,19H2. The van der Waals surface area contributed by atoms with Crippen LogP contribution in [0.2, 0.25) is 5.02 Å². The van der Waals surface area contributed by atoms with Crippen LogP contribution in [-0.2, 0) is 0 Å². The van der Waals surface area contributed by atoms with Crippen LogP contribution >= 0.6 is 11.6 Å². The molecule has 0 fully saturated rings. The number of para-hydroxylation sites is 1. The van der Waals surface area contributed by atoms with Gasteiger partial charge in [0, 0.05) is 18.2 Å². The molecule has 2 nitrogen and oxygen atoms in total. The molecule has 2 aromatic rings. The zero-order valence-electron chi connectivity index (χ0n) is 10.3. The van der Waals surface area contributed by atoms with Gasteiger partial charge in [-0.25, -0.2) is 13.2 Å². The molecule has 0 saturated carbocycles. The number of hydrogen-bond donors (Lipinski definition) is 2. The molecule has 2 rings (SSSR count). The molecule has 1 atom stereocenters. The van der Waals surface area contributed by atoms with E-state index >= 15 is 0 Å². The van der Waals surface area contributed by atoms with Crippen molar-refractivity contribution >= 4 is 17.3 Å². The topological polar surface area (TPSA) is 38.0 Å². The Labute approximate surface area is 119 Å². The van der Waals surface area contributed by atoms with Gasteiger partial charge in [0.05, 0.1) is 16.8 Å². The summed E-state index contributed by atoms with van der Waals surface area (Å²) in [6.45, 7) is -0.00673. The molecule has 0 aliphatic heterocycles. The van der Waals surface area contributed by atoms with Gasteiger partial charge in [0.1, 0.15) is 5.82 Å². The molecule has 2 aromatic carbocycles. The Balaban J connectivity index is 2.34. The van der Waals surface area contributed by atoms with Crippen molar-refractivity contribution in [2.45, 2.75) is 6.04 Å².